The predicted molar refractivity (Wildman–Crippen MR) is 88.9 cm³/mol. The predicted octanol–water partition coefficient (Wildman–Crippen LogP) is 4.30. The van der Waals surface area contributed by atoms with Crippen LogP contribution in [0.2, 0.25) is 5.02 Å². The highest BCUT2D eigenvalue weighted by molar-refractivity contribution is 6.31. The highest BCUT2D eigenvalue weighted by Gasteiger charge is 2.26. The number of benzene rings is 1. The van der Waals surface area contributed by atoms with Crippen LogP contribution in [0.5, 0.6) is 5.75 Å². The van der Waals surface area contributed by atoms with Crippen molar-refractivity contribution in [3.63, 3.8) is 0 Å². The van der Waals surface area contributed by atoms with E-state index < -0.39 is 24.7 Å². The molecule has 1 amide bonds. The summed E-state index contributed by atoms with van der Waals surface area (Å²) < 4.78 is 47.1. The summed E-state index contributed by atoms with van der Waals surface area (Å²) in [6, 6.07) is 3.63. The second kappa shape index (κ2) is 8.94. The maximum Gasteiger partial charge on any atom is 0.405 e. The number of rotatable bonds is 8. The Kier molecular flexibility index (Phi) is 6.89. The number of ether oxygens (including phenoxy) is 1. The Bertz CT molecular complexity index is 783. The first-order valence-corrected chi connectivity index (χ1v) is 8.29. The van der Waals surface area contributed by atoms with Crippen LogP contribution in [0.25, 0.3) is 0 Å². The molecule has 27 heavy (non-hydrogen) atoms. The lowest BCUT2D eigenvalue weighted by molar-refractivity contribution is -0.136. The Labute approximate surface area is 157 Å². The smallest absolute Gasteiger partial charge is 0.405 e. The Balaban J connectivity index is 2.12. The normalized spacial score (nSPS) is 12.6. The molecule has 0 aliphatic carbocycles. The van der Waals surface area contributed by atoms with Gasteiger partial charge in [-0.3, -0.25) is 0 Å². The minimum absolute atomic E-state index is 0.0460. The molecule has 11 heteroatoms. The summed E-state index contributed by atoms with van der Waals surface area (Å²) >= 11 is 6.16. The number of carboxylic acid groups (broad SMARTS) is 1. The van der Waals surface area contributed by atoms with Gasteiger partial charge in [0.15, 0.2) is 0 Å². The van der Waals surface area contributed by atoms with Crippen molar-refractivity contribution in [1.82, 2.24) is 15.5 Å². The highest BCUT2D eigenvalue weighted by Crippen LogP contribution is 2.30. The van der Waals surface area contributed by atoms with E-state index in [-0.39, 0.29) is 36.1 Å². The lowest BCUT2D eigenvalue weighted by Gasteiger charge is -2.18. The van der Waals surface area contributed by atoms with E-state index in [1.54, 1.807) is 6.92 Å². The first kappa shape index (κ1) is 20.8. The van der Waals surface area contributed by atoms with E-state index in [2.05, 4.69) is 15.5 Å². The molecule has 1 heterocycles. The average molecular weight is 408 g/mol. The molecule has 2 aromatic rings. The Morgan fingerprint density at radius 3 is 2.74 bits per heavy atom. The molecule has 0 aliphatic heterocycles. The van der Waals surface area contributed by atoms with E-state index in [0.29, 0.717) is 11.5 Å². The Morgan fingerprint density at radius 2 is 2.15 bits per heavy atom. The van der Waals surface area contributed by atoms with Gasteiger partial charge in [0.1, 0.15) is 5.75 Å². The van der Waals surface area contributed by atoms with Crippen LogP contribution in [-0.2, 0) is 6.42 Å². The first-order valence-electron chi connectivity index (χ1n) is 7.91. The van der Waals surface area contributed by atoms with Gasteiger partial charge >= 0.3 is 12.3 Å². The SMILES string of the molecule is Cc1nnc(CC(NC(=O)O)c2cc(OCCCC(F)(F)F)ccc2Cl)o1. The molecule has 1 aromatic heterocycles. The van der Waals surface area contributed by atoms with Crippen molar-refractivity contribution in [3.8, 4) is 5.75 Å². The molecule has 148 valence electrons. The van der Waals surface area contributed by atoms with E-state index in [0.717, 1.165) is 0 Å². The summed E-state index contributed by atoms with van der Waals surface area (Å²) in [4.78, 5) is 11.1. The number of halogens is 4. The van der Waals surface area contributed by atoms with Crippen molar-refractivity contribution in [3.05, 3.63) is 40.6 Å². The quantitative estimate of drug-likeness (QED) is 0.633. The van der Waals surface area contributed by atoms with Gasteiger partial charge in [0, 0.05) is 18.4 Å². The van der Waals surface area contributed by atoms with Crippen molar-refractivity contribution >= 4 is 17.7 Å². The van der Waals surface area contributed by atoms with Gasteiger partial charge in [-0.15, -0.1) is 10.2 Å². The van der Waals surface area contributed by atoms with Gasteiger partial charge < -0.3 is 19.6 Å². The van der Waals surface area contributed by atoms with Gasteiger partial charge in [0.25, 0.3) is 0 Å². The number of hydrogen-bond donors (Lipinski definition) is 2. The first-order chi connectivity index (χ1) is 12.6. The molecular weight excluding hydrogens is 391 g/mol. The second-order valence-electron chi connectivity index (χ2n) is 5.67. The summed E-state index contributed by atoms with van der Waals surface area (Å²) in [5.74, 6) is 0.807. The topological polar surface area (TPSA) is 97.5 Å². The van der Waals surface area contributed by atoms with Gasteiger partial charge in [0.05, 0.1) is 19.1 Å². The van der Waals surface area contributed by atoms with Crippen LogP contribution in [0.4, 0.5) is 18.0 Å². The van der Waals surface area contributed by atoms with Crippen LogP contribution in [0.3, 0.4) is 0 Å². The monoisotopic (exact) mass is 407 g/mol. The largest absolute Gasteiger partial charge is 0.494 e. The fourth-order valence-corrected chi connectivity index (χ4v) is 2.57. The number of amides is 1. The maximum atomic E-state index is 12.2. The summed E-state index contributed by atoms with van der Waals surface area (Å²) in [5, 5.41) is 19.2. The molecule has 0 bridgehead atoms. The van der Waals surface area contributed by atoms with Crippen molar-refractivity contribution < 1.29 is 32.2 Å². The zero-order chi connectivity index (χ0) is 20.0. The summed E-state index contributed by atoms with van der Waals surface area (Å²) in [6.07, 6.45) is -6.63. The fraction of sp³-hybridized carbons (Fsp3) is 0.438. The van der Waals surface area contributed by atoms with Crippen molar-refractivity contribution in [2.24, 2.45) is 0 Å². The number of hydrogen-bond acceptors (Lipinski definition) is 5. The third kappa shape index (κ3) is 6.97. The number of nitrogens with zero attached hydrogens (tertiary/aromatic N) is 2. The zero-order valence-corrected chi connectivity index (χ0v) is 15.0. The number of carbonyl (C=O) groups is 1. The summed E-state index contributed by atoms with van der Waals surface area (Å²) in [6.45, 7) is 1.46. The zero-order valence-electron chi connectivity index (χ0n) is 14.2. The molecule has 2 rings (SSSR count). The molecule has 0 radical (unpaired) electrons. The van der Waals surface area contributed by atoms with Gasteiger partial charge in [0.2, 0.25) is 11.8 Å². The van der Waals surface area contributed by atoms with Gasteiger partial charge in [-0.2, -0.15) is 13.2 Å². The number of aromatic nitrogens is 2. The minimum atomic E-state index is -4.24. The lowest BCUT2D eigenvalue weighted by Crippen LogP contribution is -2.28. The van der Waals surface area contributed by atoms with Crippen LogP contribution in [0.1, 0.15) is 36.2 Å². The van der Waals surface area contributed by atoms with Crippen molar-refractivity contribution in [2.75, 3.05) is 6.61 Å². The summed E-state index contributed by atoms with van der Waals surface area (Å²) in [7, 11) is 0. The molecule has 1 aromatic carbocycles. The third-order valence-electron chi connectivity index (χ3n) is 3.46. The fourth-order valence-electron chi connectivity index (χ4n) is 2.32. The van der Waals surface area contributed by atoms with Crippen molar-refractivity contribution in [2.45, 2.75) is 38.4 Å². The third-order valence-corrected chi connectivity index (χ3v) is 3.80. The standard InChI is InChI=1S/C16H17ClF3N3O4/c1-9-22-23-14(27-9)8-13(21-15(24)25)11-7-10(3-4-12(11)17)26-6-2-5-16(18,19)20/h3-4,7,13,21H,2,5-6,8H2,1H3,(H,24,25). The number of aryl methyl sites for hydroxylation is 1. The molecule has 0 fully saturated rings. The lowest BCUT2D eigenvalue weighted by atomic mass is 10.0. The van der Waals surface area contributed by atoms with Crippen LogP contribution >= 0.6 is 11.6 Å². The van der Waals surface area contributed by atoms with E-state index in [9.17, 15) is 18.0 Å². The molecule has 0 saturated carbocycles. The van der Waals surface area contributed by atoms with Crippen LogP contribution in [0, 0.1) is 6.92 Å². The van der Waals surface area contributed by atoms with Gasteiger partial charge in [-0.05, 0) is 30.2 Å². The molecule has 7 nitrogen and oxygen atoms in total. The molecule has 1 unspecified atom stereocenters. The van der Waals surface area contributed by atoms with E-state index in [1.807, 2.05) is 0 Å². The number of alkyl halides is 3. The van der Waals surface area contributed by atoms with Gasteiger partial charge in [-0.25, -0.2) is 4.79 Å². The maximum absolute atomic E-state index is 12.2. The van der Waals surface area contributed by atoms with Crippen LogP contribution < -0.4 is 10.1 Å². The molecule has 0 spiro atoms. The van der Waals surface area contributed by atoms with Crippen molar-refractivity contribution in [1.29, 1.82) is 0 Å². The van der Waals surface area contributed by atoms with E-state index >= 15 is 0 Å². The number of nitrogens with one attached hydrogen (secondary N) is 1. The Hall–Kier alpha value is -2.49. The molecule has 2 N–H and O–H groups in total. The highest BCUT2D eigenvalue weighted by atomic mass is 35.5. The van der Waals surface area contributed by atoms with E-state index in [4.69, 9.17) is 25.9 Å². The Morgan fingerprint density at radius 1 is 1.41 bits per heavy atom. The van der Waals surface area contributed by atoms with E-state index in [1.165, 1.54) is 18.2 Å². The molecule has 0 saturated heterocycles. The van der Waals surface area contributed by atoms with Crippen LogP contribution in [-0.4, -0.2) is 34.2 Å². The molecular formula is C16H17ClF3N3O4. The average Bonchev–Trinajstić information content (AvgIpc) is 2.96. The minimum Gasteiger partial charge on any atom is -0.494 e. The van der Waals surface area contributed by atoms with Gasteiger partial charge in [-0.1, -0.05) is 11.6 Å². The summed E-state index contributed by atoms with van der Waals surface area (Å²) in [5.41, 5.74) is 0.378. The molecule has 1 atom stereocenters. The molecule has 0 aliphatic rings. The van der Waals surface area contributed by atoms with Crippen LogP contribution in [0.15, 0.2) is 22.6 Å². The second-order valence-corrected chi connectivity index (χ2v) is 6.08.